The molecule has 1 aromatic carbocycles. The van der Waals surface area contributed by atoms with Crippen LogP contribution in [0.3, 0.4) is 0 Å². The zero-order valence-electron chi connectivity index (χ0n) is 14.1. The Bertz CT molecular complexity index is 933. The fourth-order valence-electron chi connectivity index (χ4n) is 2.31. The zero-order valence-corrected chi connectivity index (χ0v) is 15.7. The highest BCUT2D eigenvalue weighted by atomic mass is 79.9. The predicted octanol–water partition coefficient (Wildman–Crippen LogP) is 4.80. The largest absolute Gasteiger partial charge is 0.444 e. The number of aromatic nitrogens is 3. The van der Waals surface area contributed by atoms with Crippen LogP contribution >= 0.6 is 15.9 Å². The monoisotopic (exact) mass is 400 g/mol. The average molecular weight is 401 g/mol. The number of rotatable bonds is 2. The molecule has 128 valence electrons. The number of anilines is 1. The van der Waals surface area contributed by atoms with E-state index in [0.717, 1.165) is 16.5 Å². The van der Waals surface area contributed by atoms with Crippen LogP contribution in [0.15, 0.2) is 47.3 Å². The van der Waals surface area contributed by atoms with E-state index in [1.165, 1.54) is 0 Å². The highest BCUT2D eigenvalue weighted by Crippen LogP contribution is 2.28. The standard InChI is InChI=1S/C18H17BrN4O2/c1-18(2,3)25-17(24)23-16-15(19)22-14(10-21-16)12-6-4-8-13-11(12)7-5-9-20-13/h4-10H,1-3H3,(H,21,23,24). The molecule has 25 heavy (non-hydrogen) atoms. The SMILES string of the molecule is CC(C)(C)OC(=O)Nc1ncc(-c2cccc3ncccc23)nc1Br. The highest BCUT2D eigenvalue weighted by molar-refractivity contribution is 9.10. The Morgan fingerprint density at radius 2 is 1.96 bits per heavy atom. The zero-order chi connectivity index (χ0) is 18.0. The molecule has 0 spiro atoms. The minimum absolute atomic E-state index is 0.302. The molecular weight excluding hydrogens is 384 g/mol. The van der Waals surface area contributed by atoms with E-state index in [9.17, 15) is 4.79 Å². The van der Waals surface area contributed by atoms with Gasteiger partial charge in [0.05, 0.1) is 17.4 Å². The number of pyridine rings is 1. The maximum absolute atomic E-state index is 11.9. The van der Waals surface area contributed by atoms with Gasteiger partial charge in [-0.25, -0.2) is 14.8 Å². The molecule has 6 nitrogen and oxygen atoms in total. The topological polar surface area (TPSA) is 77.0 Å². The minimum atomic E-state index is -0.583. The second-order valence-corrected chi connectivity index (χ2v) is 7.15. The maximum Gasteiger partial charge on any atom is 0.413 e. The summed E-state index contributed by atoms with van der Waals surface area (Å²) >= 11 is 3.36. The molecule has 1 amide bonds. The molecule has 3 rings (SSSR count). The third-order valence-electron chi connectivity index (χ3n) is 3.27. The quantitative estimate of drug-likeness (QED) is 0.668. The molecule has 0 bridgehead atoms. The van der Waals surface area contributed by atoms with Crippen molar-refractivity contribution in [1.29, 1.82) is 0 Å². The Morgan fingerprint density at radius 3 is 2.68 bits per heavy atom. The molecule has 0 atom stereocenters. The van der Waals surface area contributed by atoms with Gasteiger partial charge in [-0.2, -0.15) is 0 Å². The summed E-state index contributed by atoms with van der Waals surface area (Å²) in [4.78, 5) is 25.0. The molecule has 7 heteroatoms. The van der Waals surface area contributed by atoms with E-state index in [0.29, 0.717) is 16.1 Å². The number of carbonyl (C=O) groups is 1. The van der Waals surface area contributed by atoms with Crippen LogP contribution < -0.4 is 5.32 Å². The van der Waals surface area contributed by atoms with Crippen LogP contribution in [0.25, 0.3) is 22.2 Å². The van der Waals surface area contributed by atoms with Crippen molar-refractivity contribution >= 4 is 38.7 Å². The Kier molecular flexibility index (Phi) is 4.67. The number of nitrogens with one attached hydrogen (secondary N) is 1. The van der Waals surface area contributed by atoms with Gasteiger partial charge in [0, 0.05) is 17.1 Å². The first-order valence-corrected chi connectivity index (χ1v) is 8.49. The van der Waals surface area contributed by atoms with E-state index in [1.807, 2.05) is 30.3 Å². The molecule has 0 radical (unpaired) electrons. The summed E-state index contributed by atoms with van der Waals surface area (Å²) in [6.45, 7) is 5.39. The number of hydrogen-bond acceptors (Lipinski definition) is 5. The summed E-state index contributed by atoms with van der Waals surface area (Å²) in [5, 5.41) is 3.57. The van der Waals surface area contributed by atoms with Crippen LogP contribution in [0, 0.1) is 0 Å². The molecule has 1 N–H and O–H groups in total. The van der Waals surface area contributed by atoms with Gasteiger partial charge in [-0.05, 0) is 48.8 Å². The van der Waals surface area contributed by atoms with Crippen LogP contribution in [0.4, 0.5) is 10.6 Å². The summed E-state index contributed by atoms with van der Waals surface area (Å²) < 4.78 is 5.65. The summed E-state index contributed by atoms with van der Waals surface area (Å²) in [5.41, 5.74) is 1.90. The lowest BCUT2D eigenvalue weighted by Crippen LogP contribution is -2.27. The summed E-state index contributed by atoms with van der Waals surface area (Å²) in [6, 6.07) is 9.70. The normalized spacial score (nSPS) is 11.4. The van der Waals surface area contributed by atoms with E-state index >= 15 is 0 Å². The van der Waals surface area contributed by atoms with Crippen molar-refractivity contribution in [3.63, 3.8) is 0 Å². The van der Waals surface area contributed by atoms with Gasteiger partial charge in [0.1, 0.15) is 10.2 Å². The van der Waals surface area contributed by atoms with Gasteiger partial charge in [-0.1, -0.05) is 18.2 Å². The van der Waals surface area contributed by atoms with Crippen molar-refractivity contribution in [3.8, 4) is 11.3 Å². The van der Waals surface area contributed by atoms with E-state index in [2.05, 4.69) is 36.2 Å². The van der Waals surface area contributed by atoms with E-state index in [4.69, 9.17) is 4.74 Å². The van der Waals surface area contributed by atoms with Crippen molar-refractivity contribution in [2.45, 2.75) is 26.4 Å². The number of amides is 1. The van der Waals surface area contributed by atoms with Crippen molar-refractivity contribution in [1.82, 2.24) is 15.0 Å². The molecule has 2 aromatic heterocycles. The number of carbonyl (C=O) groups excluding carboxylic acids is 1. The lowest BCUT2D eigenvalue weighted by atomic mass is 10.1. The predicted molar refractivity (Wildman–Crippen MR) is 100 cm³/mol. The third-order valence-corrected chi connectivity index (χ3v) is 3.82. The molecule has 3 aromatic rings. The Balaban J connectivity index is 1.90. The van der Waals surface area contributed by atoms with E-state index in [1.54, 1.807) is 33.2 Å². The van der Waals surface area contributed by atoms with Crippen LogP contribution in [0.2, 0.25) is 0 Å². The number of halogens is 1. The molecule has 0 aliphatic carbocycles. The number of benzene rings is 1. The smallest absolute Gasteiger partial charge is 0.413 e. The Morgan fingerprint density at radius 1 is 1.16 bits per heavy atom. The van der Waals surface area contributed by atoms with Crippen molar-refractivity contribution in [2.75, 3.05) is 5.32 Å². The lowest BCUT2D eigenvalue weighted by molar-refractivity contribution is 0.0635. The first-order chi connectivity index (χ1) is 11.8. The second kappa shape index (κ2) is 6.76. The van der Waals surface area contributed by atoms with Crippen molar-refractivity contribution in [2.24, 2.45) is 0 Å². The average Bonchev–Trinajstić information content (AvgIpc) is 2.54. The first kappa shape index (κ1) is 17.3. The Hall–Kier alpha value is -2.54. The van der Waals surface area contributed by atoms with Gasteiger partial charge in [0.25, 0.3) is 0 Å². The molecule has 0 fully saturated rings. The molecule has 0 saturated carbocycles. The fourth-order valence-corrected chi connectivity index (χ4v) is 2.70. The number of fused-ring (bicyclic) bond motifs is 1. The lowest BCUT2D eigenvalue weighted by Gasteiger charge is -2.19. The molecule has 0 aliphatic heterocycles. The molecule has 0 aliphatic rings. The highest BCUT2D eigenvalue weighted by Gasteiger charge is 2.18. The van der Waals surface area contributed by atoms with Crippen molar-refractivity contribution < 1.29 is 9.53 Å². The van der Waals surface area contributed by atoms with Gasteiger partial charge < -0.3 is 4.74 Å². The van der Waals surface area contributed by atoms with E-state index in [-0.39, 0.29) is 0 Å². The molecule has 0 saturated heterocycles. The molecule has 0 unspecified atom stereocenters. The minimum Gasteiger partial charge on any atom is -0.444 e. The van der Waals surface area contributed by atoms with Gasteiger partial charge in [0.15, 0.2) is 5.82 Å². The number of nitrogens with zero attached hydrogens (tertiary/aromatic N) is 3. The second-order valence-electron chi connectivity index (χ2n) is 6.40. The van der Waals surface area contributed by atoms with Gasteiger partial charge in [0.2, 0.25) is 0 Å². The Labute approximate surface area is 153 Å². The van der Waals surface area contributed by atoms with Gasteiger partial charge in [-0.3, -0.25) is 10.3 Å². The van der Waals surface area contributed by atoms with Gasteiger partial charge in [-0.15, -0.1) is 0 Å². The third kappa shape index (κ3) is 4.11. The summed E-state index contributed by atoms with van der Waals surface area (Å²) in [5.74, 6) is 0.302. The fraction of sp³-hybridized carbons (Fsp3) is 0.222. The summed E-state index contributed by atoms with van der Waals surface area (Å²) in [6.07, 6.45) is 2.78. The molecule has 2 heterocycles. The van der Waals surface area contributed by atoms with Crippen LogP contribution in [0.5, 0.6) is 0 Å². The van der Waals surface area contributed by atoms with Crippen LogP contribution in [-0.2, 0) is 4.74 Å². The van der Waals surface area contributed by atoms with Crippen LogP contribution in [-0.4, -0.2) is 26.6 Å². The first-order valence-electron chi connectivity index (χ1n) is 7.70. The van der Waals surface area contributed by atoms with Gasteiger partial charge >= 0.3 is 6.09 Å². The summed E-state index contributed by atoms with van der Waals surface area (Å²) in [7, 11) is 0. The molecular formula is C18H17BrN4O2. The number of ether oxygens (including phenoxy) is 1. The van der Waals surface area contributed by atoms with E-state index < -0.39 is 11.7 Å². The van der Waals surface area contributed by atoms with Crippen molar-refractivity contribution in [3.05, 3.63) is 47.3 Å². The van der Waals surface area contributed by atoms with Crippen LogP contribution in [0.1, 0.15) is 20.8 Å². The maximum atomic E-state index is 11.9. The number of hydrogen-bond donors (Lipinski definition) is 1.